The predicted octanol–water partition coefficient (Wildman–Crippen LogP) is 2.43. The average molecular weight is 288 g/mol. The van der Waals surface area contributed by atoms with E-state index in [0.29, 0.717) is 6.04 Å². The van der Waals surface area contributed by atoms with Gasteiger partial charge < -0.3 is 10.2 Å². The van der Waals surface area contributed by atoms with Crippen LogP contribution in [0.1, 0.15) is 44.3 Å². The Morgan fingerprint density at radius 3 is 2.43 bits per heavy atom. The third kappa shape index (κ3) is 3.38. The van der Waals surface area contributed by atoms with Crippen molar-refractivity contribution in [1.82, 2.24) is 15.2 Å². The first-order chi connectivity index (χ1) is 10.3. The summed E-state index contributed by atoms with van der Waals surface area (Å²) in [5.74, 6) is 0. The second-order valence-electron chi connectivity index (χ2n) is 6.41. The highest BCUT2D eigenvalue weighted by molar-refractivity contribution is 5.45. The number of nitrogens with one attached hydrogen (secondary N) is 1. The number of anilines is 1. The fourth-order valence-corrected chi connectivity index (χ4v) is 3.60. The molecule has 1 atom stereocenters. The lowest BCUT2D eigenvalue weighted by atomic mass is 10.1. The summed E-state index contributed by atoms with van der Waals surface area (Å²) in [7, 11) is 1.97. The van der Waals surface area contributed by atoms with Crippen molar-refractivity contribution in [1.29, 1.82) is 0 Å². The van der Waals surface area contributed by atoms with Crippen molar-refractivity contribution >= 4 is 5.69 Å². The molecule has 1 aliphatic carbocycles. The lowest BCUT2D eigenvalue weighted by Gasteiger charge is -2.39. The summed E-state index contributed by atoms with van der Waals surface area (Å²) in [5, 5.41) is 3.23. The van der Waals surface area contributed by atoms with E-state index in [9.17, 15) is 0 Å². The van der Waals surface area contributed by atoms with Gasteiger partial charge in [-0.25, -0.2) is 0 Å². The SMILES string of the molecule is CNC(C)c1ccc(N2CCN(C3CCCC3)CC2)cn1. The maximum atomic E-state index is 4.60. The molecule has 0 aromatic carbocycles. The zero-order valence-electron chi connectivity index (χ0n) is 13.4. The van der Waals surface area contributed by atoms with Gasteiger partial charge in [-0.2, -0.15) is 0 Å². The Bertz CT molecular complexity index is 431. The van der Waals surface area contributed by atoms with Gasteiger partial charge in [0.05, 0.1) is 17.6 Å². The normalized spacial score (nSPS) is 22.7. The van der Waals surface area contributed by atoms with Gasteiger partial charge in [-0.3, -0.25) is 9.88 Å². The van der Waals surface area contributed by atoms with Gasteiger partial charge in [0.2, 0.25) is 0 Å². The van der Waals surface area contributed by atoms with Crippen molar-refractivity contribution in [3.63, 3.8) is 0 Å². The molecule has 2 aliphatic rings. The maximum Gasteiger partial charge on any atom is 0.0571 e. The molecular formula is C17H28N4. The van der Waals surface area contributed by atoms with Crippen LogP contribution in [0.15, 0.2) is 18.3 Å². The second-order valence-corrected chi connectivity index (χ2v) is 6.41. The summed E-state index contributed by atoms with van der Waals surface area (Å²) in [5.41, 5.74) is 2.39. The number of rotatable bonds is 4. The van der Waals surface area contributed by atoms with Crippen molar-refractivity contribution in [2.45, 2.75) is 44.7 Å². The molecule has 0 spiro atoms. The number of pyridine rings is 1. The first-order valence-corrected chi connectivity index (χ1v) is 8.40. The molecule has 1 aliphatic heterocycles. The summed E-state index contributed by atoms with van der Waals surface area (Å²) in [6.45, 7) is 6.83. The van der Waals surface area contributed by atoms with Gasteiger partial charge >= 0.3 is 0 Å². The number of piperazine rings is 1. The summed E-state index contributed by atoms with van der Waals surface area (Å²) >= 11 is 0. The van der Waals surface area contributed by atoms with Crippen LogP contribution in [-0.4, -0.2) is 49.2 Å². The van der Waals surface area contributed by atoms with E-state index in [0.717, 1.165) is 24.8 Å². The molecule has 4 nitrogen and oxygen atoms in total. The van der Waals surface area contributed by atoms with Gasteiger partial charge in [-0.1, -0.05) is 12.8 Å². The molecule has 2 heterocycles. The Morgan fingerprint density at radius 2 is 1.86 bits per heavy atom. The monoisotopic (exact) mass is 288 g/mol. The molecule has 0 amide bonds. The van der Waals surface area contributed by atoms with E-state index in [1.807, 2.05) is 13.2 Å². The highest BCUT2D eigenvalue weighted by Crippen LogP contribution is 2.25. The van der Waals surface area contributed by atoms with Gasteiger partial charge in [-0.15, -0.1) is 0 Å². The molecule has 3 rings (SSSR count). The fourth-order valence-electron chi connectivity index (χ4n) is 3.60. The number of hydrogen-bond donors (Lipinski definition) is 1. The lowest BCUT2D eigenvalue weighted by Crippen LogP contribution is -2.49. The van der Waals surface area contributed by atoms with Crippen LogP contribution in [0.5, 0.6) is 0 Å². The first kappa shape index (κ1) is 14.8. The smallest absolute Gasteiger partial charge is 0.0571 e. The number of hydrogen-bond acceptors (Lipinski definition) is 4. The van der Waals surface area contributed by atoms with Crippen molar-refractivity contribution in [3.8, 4) is 0 Å². The predicted molar refractivity (Wildman–Crippen MR) is 87.8 cm³/mol. The first-order valence-electron chi connectivity index (χ1n) is 8.40. The molecule has 0 bridgehead atoms. The van der Waals surface area contributed by atoms with Gasteiger partial charge in [0.25, 0.3) is 0 Å². The second kappa shape index (κ2) is 6.75. The van der Waals surface area contributed by atoms with E-state index >= 15 is 0 Å². The molecule has 1 N–H and O–H groups in total. The molecule has 1 aromatic rings. The molecule has 1 unspecified atom stereocenters. The maximum absolute atomic E-state index is 4.60. The topological polar surface area (TPSA) is 31.4 Å². The Hall–Kier alpha value is -1.13. The summed E-state index contributed by atoms with van der Waals surface area (Å²) < 4.78 is 0. The minimum atomic E-state index is 0.318. The number of aromatic nitrogens is 1. The quantitative estimate of drug-likeness (QED) is 0.922. The van der Waals surface area contributed by atoms with E-state index in [-0.39, 0.29) is 0 Å². The van der Waals surface area contributed by atoms with Crippen LogP contribution in [0.4, 0.5) is 5.69 Å². The molecule has 4 heteroatoms. The Labute approximate surface area is 128 Å². The van der Waals surface area contributed by atoms with Gasteiger partial charge in [0, 0.05) is 38.3 Å². The molecule has 0 radical (unpaired) electrons. The third-order valence-corrected chi connectivity index (χ3v) is 5.17. The minimum absolute atomic E-state index is 0.318. The molecule has 2 fully saturated rings. The van der Waals surface area contributed by atoms with Crippen LogP contribution in [0, 0.1) is 0 Å². The van der Waals surface area contributed by atoms with E-state index in [1.54, 1.807) is 0 Å². The fraction of sp³-hybridized carbons (Fsp3) is 0.706. The summed E-state index contributed by atoms with van der Waals surface area (Å²) in [6, 6.07) is 5.56. The highest BCUT2D eigenvalue weighted by atomic mass is 15.3. The number of nitrogens with zero attached hydrogens (tertiary/aromatic N) is 3. The van der Waals surface area contributed by atoms with Crippen molar-refractivity contribution < 1.29 is 0 Å². The zero-order valence-corrected chi connectivity index (χ0v) is 13.4. The van der Waals surface area contributed by atoms with Gasteiger partial charge in [-0.05, 0) is 38.9 Å². The molecule has 1 saturated heterocycles. The van der Waals surface area contributed by atoms with E-state index < -0.39 is 0 Å². The Balaban J connectivity index is 1.56. The Morgan fingerprint density at radius 1 is 1.14 bits per heavy atom. The van der Waals surface area contributed by atoms with Crippen LogP contribution in [0.25, 0.3) is 0 Å². The summed E-state index contributed by atoms with van der Waals surface area (Å²) in [6.07, 6.45) is 7.73. The largest absolute Gasteiger partial charge is 0.368 e. The summed E-state index contributed by atoms with van der Waals surface area (Å²) in [4.78, 5) is 9.78. The van der Waals surface area contributed by atoms with Crippen LogP contribution in [0.3, 0.4) is 0 Å². The van der Waals surface area contributed by atoms with E-state index in [2.05, 4.69) is 39.2 Å². The van der Waals surface area contributed by atoms with Gasteiger partial charge in [0.1, 0.15) is 0 Å². The minimum Gasteiger partial charge on any atom is -0.368 e. The van der Waals surface area contributed by atoms with Crippen molar-refractivity contribution in [2.75, 3.05) is 38.1 Å². The Kier molecular flexibility index (Phi) is 4.76. The standard InChI is InChI=1S/C17H28N4/c1-14(18-2)17-8-7-16(13-19-17)21-11-9-20(10-12-21)15-5-3-4-6-15/h7-8,13-15,18H,3-6,9-12H2,1-2H3. The molecule has 116 valence electrons. The van der Waals surface area contributed by atoms with Crippen molar-refractivity contribution in [3.05, 3.63) is 24.0 Å². The van der Waals surface area contributed by atoms with Crippen LogP contribution < -0.4 is 10.2 Å². The van der Waals surface area contributed by atoms with E-state index in [1.165, 1.54) is 44.5 Å². The van der Waals surface area contributed by atoms with Crippen LogP contribution in [-0.2, 0) is 0 Å². The van der Waals surface area contributed by atoms with Crippen LogP contribution >= 0.6 is 0 Å². The van der Waals surface area contributed by atoms with Crippen molar-refractivity contribution in [2.24, 2.45) is 0 Å². The molecule has 1 aromatic heterocycles. The molecular weight excluding hydrogens is 260 g/mol. The molecule has 21 heavy (non-hydrogen) atoms. The van der Waals surface area contributed by atoms with Gasteiger partial charge in [0.15, 0.2) is 0 Å². The lowest BCUT2D eigenvalue weighted by molar-refractivity contribution is 0.187. The zero-order chi connectivity index (χ0) is 14.7. The van der Waals surface area contributed by atoms with E-state index in [4.69, 9.17) is 0 Å². The van der Waals surface area contributed by atoms with Crippen LogP contribution in [0.2, 0.25) is 0 Å². The highest BCUT2D eigenvalue weighted by Gasteiger charge is 2.26. The third-order valence-electron chi connectivity index (χ3n) is 5.17. The molecule has 1 saturated carbocycles. The average Bonchev–Trinajstić information content (AvgIpc) is 3.09.